The van der Waals surface area contributed by atoms with E-state index in [2.05, 4.69) is 15.5 Å². The van der Waals surface area contributed by atoms with E-state index in [1.807, 2.05) is 49.3 Å². The second-order valence-electron chi connectivity index (χ2n) is 5.22. The summed E-state index contributed by atoms with van der Waals surface area (Å²) in [6, 6.07) is 12.7. The van der Waals surface area contributed by atoms with Gasteiger partial charge in [-0.2, -0.15) is 0 Å². The number of pyridine rings is 1. The number of carbonyl (C=O) groups excluding carboxylic acids is 1. The Labute approximate surface area is 133 Å². The molecular formula is C17H16N4O2. The van der Waals surface area contributed by atoms with E-state index in [1.165, 1.54) is 0 Å². The van der Waals surface area contributed by atoms with Gasteiger partial charge in [-0.25, -0.2) is 0 Å². The Morgan fingerprint density at radius 1 is 1.17 bits per heavy atom. The summed E-state index contributed by atoms with van der Waals surface area (Å²) in [5.41, 5.74) is 2.95. The highest BCUT2D eigenvalue weighted by molar-refractivity contribution is 6.04. The minimum atomic E-state index is -0.248. The molecule has 1 aromatic carbocycles. The molecule has 1 N–H and O–H groups in total. The topological polar surface area (TPSA) is 71.3 Å². The van der Waals surface area contributed by atoms with Crippen LogP contribution >= 0.6 is 0 Å². The smallest absolute Gasteiger partial charge is 0.258 e. The minimum Gasteiger partial charge on any atom is -0.378 e. The van der Waals surface area contributed by atoms with Gasteiger partial charge in [-0.15, -0.1) is 0 Å². The molecular weight excluding hydrogens is 292 g/mol. The maximum atomic E-state index is 12.3. The summed E-state index contributed by atoms with van der Waals surface area (Å²) in [6.07, 6.45) is 3.37. The standard InChI is InChI=1S/C17H16N4O2/c1-21(2)14-7-3-5-12(9-14)17(22)19-16-10-15(20-23-16)13-6-4-8-18-11-13/h3-11H,1-2H3,(H,19,22). The Hall–Kier alpha value is -3.15. The number of anilines is 2. The molecule has 6 nitrogen and oxygen atoms in total. The maximum absolute atomic E-state index is 12.3. The SMILES string of the molecule is CN(C)c1cccc(C(=O)Nc2cc(-c3cccnc3)no2)c1. The van der Waals surface area contributed by atoms with Crippen molar-refractivity contribution in [2.75, 3.05) is 24.3 Å². The number of hydrogen-bond acceptors (Lipinski definition) is 5. The van der Waals surface area contributed by atoms with Gasteiger partial charge in [-0.1, -0.05) is 11.2 Å². The fourth-order valence-electron chi connectivity index (χ4n) is 2.09. The van der Waals surface area contributed by atoms with Crippen LogP contribution in [0.2, 0.25) is 0 Å². The molecule has 0 atom stereocenters. The zero-order chi connectivity index (χ0) is 16.2. The lowest BCUT2D eigenvalue weighted by Gasteiger charge is -2.13. The molecule has 3 aromatic rings. The molecule has 23 heavy (non-hydrogen) atoms. The van der Waals surface area contributed by atoms with Gasteiger partial charge < -0.3 is 9.42 Å². The molecule has 2 heterocycles. The Bertz CT molecular complexity index is 812. The van der Waals surface area contributed by atoms with Crippen LogP contribution in [0.5, 0.6) is 0 Å². The number of rotatable bonds is 4. The Morgan fingerprint density at radius 2 is 2.04 bits per heavy atom. The van der Waals surface area contributed by atoms with E-state index in [1.54, 1.807) is 24.5 Å². The maximum Gasteiger partial charge on any atom is 0.258 e. The molecule has 3 rings (SSSR count). The van der Waals surface area contributed by atoms with Crippen molar-refractivity contribution in [2.45, 2.75) is 0 Å². The lowest BCUT2D eigenvalue weighted by atomic mass is 10.2. The van der Waals surface area contributed by atoms with E-state index in [0.717, 1.165) is 11.3 Å². The number of aromatic nitrogens is 2. The molecule has 0 aliphatic rings. The number of nitrogens with one attached hydrogen (secondary N) is 1. The molecule has 116 valence electrons. The van der Waals surface area contributed by atoms with Crippen LogP contribution in [0.1, 0.15) is 10.4 Å². The second-order valence-corrected chi connectivity index (χ2v) is 5.22. The van der Waals surface area contributed by atoms with Crippen molar-refractivity contribution in [1.82, 2.24) is 10.1 Å². The first-order valence-corrected chi connectivity index (χ1v) is 7.09. The molecule has 0 saturated heterocycles. The molecule has 0 fully saturated rings. The molecule has 0 unspecified atom stereocenters. The fraction of sp³-hybridized carbons (Fsp3) is 0.118. The largest absolute Gasteiger partial charge is 0.378 e. The van der Waals surface area contributed by atoms with Gasteiger partial charge in [0.2, 0.25) is 5.88 Å². The summed E-state index contributed by atoms with van der Waals surface area (Å²) in [6.45, 7) is 0. The van der Waals surface area contributed by atoms with Gasteiger partial charge in [0, 0.05) is 49.4 Å². The normalized spacial score (nSPS) is 10.3. The van der Waals surface area contributed by atoms with E-state index in [0.29, 0.717) is 17.1 Å². The second kappa shape index (κ2) is 6.31. The molecule has 0 saturated carbocycles. The van der Waals surface area contributed by atoms with Crippen molar-refractivity contribution < 1.29 is 9.32 Å². The Morgan fingerprint density at radius 3 is 2.78 bits per heavy atom. The van der Waals surface area contributed by atoms with Crippen LogP contribution in [-0.2, 0) is 0 Å². The van der Waals surface area contributed by atoms with Crippen LogP contribution < -0.4 is 10.2 Å². The zero-order valence-corrected chi connectivity index (χ0v) is 12.9. The van der Waals surface area contributed by atoms with Gasteiger partial charge in [0.25, 0.3) is 5.91 Å². The first-order chi connectivity index (χ1) is 11.1. The van der Waals surface area contributed by atoms with Crippen LogP contribution in [0, 0.1) is 0 Å². The molecule has 1 amide bonds. The number of carbonyl (C=O) groups is 1. The molecule has 0 bridgehead atoms. The lowest BCUT2D eigenvalue weighted by molar-refractivity contribution is 0.102. The van der Waals surface area contributed by atoms with Crippen molar-refractivity contribution in [3.05, 3.63) is 60.4 Å². The number of benzene rings is 1. The zero-order valence-electron chi connectivity index (χ0n) is 12.9. The Balaban J connectivity index is 1.76. The molecule has 6 heteroatoms. The minimum absolute atomic E-state index is 0.248. The lowest BCUT2D eigenvalue weighted by Crippen LogP contribution is -2.13. The number of hydrogen-bond donors (Lipinski definition) is 1. The van der Waals surface area contributed by atoms with Gasteiger partial charge in [-0.05, 0) is 30.3 Å². The summed E-state index contributed by atoms with van der Waals surface area (Å²) in [5, 5.41) is 6.65. The van der Waals surface area contributed by atoms with Crippen LogP contribution in [0.3, 0.4) is 0 Å². The monoisotopic (exact) mass is 308 g/mol. The van der Waals surface area contributed by atoms with Crippen molar-refractivity contribution in [1.29, 1.82) is 0 Å². The van der Waals surface area contributed by atoms with E-state index >= 15 is 0 Å². The van der Waals surface area contributed by atoms with Crippen LogP contribution in [0.15, 0.2) is 59.4 Å². The van der Waals surface area contributed by atoms with Crippen molar-refractivity contribution >= 4 is 17.5 Å². The van der Waals surface area contributed by atoms with Crippen LogP contribution in [-0.4, -0.2) is 30.1 Å². The summed E-state index contributed by atoms with van der Waals surface area (Å²) in [4.78, 5) is 18.3. The van der Waals surface area contributed by atoms with Crippen molar-refractivity contribution in [3.63, 3.8) is 0 Å². The third kappa shape index (κ3) is 3.37. The average Bonchev–Trinajstić information content (AvgIpc) is 3.04. The summed E-state index contributed by atoms with van der Waals surface area (Å²) >= 11 is 0. The predicted molar refractivity (Wildman–Crippen MR) is 88.5 cm³/mol. The molecule has 0 spiro atoms. The van der Waals surface area contributed by atoms with Gasteiger partial charge in [0.05, 0.1) is 0 Å². The molecule has 0 radical (unpaired) electrons. The van der Waals surface area contributed by atoms with E-state index in [9.17, 15) is 4.79 Å². The summed E-state index contributed by atoms with van der Waals surface area (Å²) in [5.74, 6) is 0.0479. The molecule has 2 aromatic heterocycles. The third-order valence-corrected chi connectivity index (χ3v) is 3.33. The number of amides is 1. The number of nitrogens with zero attached hydrogens (tertiary/aromatic N) is 3. The average molecular weight is 308 g/mol. The van der Waals surface area contributed by atoms with Crippen molar-refractivity contribution in [2.24, 2.45) is 0 Å². The fourth-order valence-corrected chi connectivity index (χ4v) is 2.09. The Kier molecular flexibility index (Phi) is 4.05. The highest BCUT2D eigenvalue weighted by Crippen LogP contribution is 2.21. The summed E-state index contributed by atoms with van der Waals surface area (Å²) < 4.78 is 5.17. The van der Waals surface area contributed by atoms with Crippen LogP contribution in [0.4, 0.5) is 11.6 Å². The molecule has 0 aliphatic heterocycles. The molecule has 0 aliphatic carbocycles. The quantitative estimate of drug-likeness (QED) is 0.802. The van der Waals surface area contributed by atoms with E-state index in [-0.39, 0.29) is 5.91 Å². The van der Waals surface area contributed by atoms with Crippen molar-refractivity contribution in [3.8, 4) is 11.3 Å². The summed E-state index contributed by atoms with van der Waals surface area (Å²) in [7, 11) is 3.85. The van der Waals surface area contributed by atoms with E-state index in [4.69, 9.17) is 4.52 Å². The highest BCUT2D eigenvalue weighted by Gasteiger charge is 2.12. The van der Waals surface area contributed by atoms with Crippen LogP contribution in [0.25, 0.3) is 11.3 Å². The van der Waals surface area contributed by atoms with Gasteiger partial charge in [0.15, 0.2) is 0 Å². The third-order valence-electron chi connectivity index (χ3n) is 3.33. The van der Waals surface area contributed by atoms with Gasteiger partial charge in [-0.3, -0.25) is 15.1 Å². The highest BCUT2D eigenvalue weighted by atomic mass is 16.5. The van der Waals surface area contributed by atoms with Gasteiger partial charge >= 0.3 is 0 Å². The predicted octanol–water partition coefficient (Wildman–Crippen LogP) is 3.05. The van der Waals surface area contributed by atoms with E-state index < -0.39 is 0 Å². The first kappa shape index (κ1) is 14.8. The first-order valence-electron chi connectivity index (χ1n) is 7.09. The van der Waals surface area contributed by atoms with Gasteiger partial charge in [0.1, 0.15) is 5.69 Å².